The van der Waals surface area contributed by atoms with Crippen molar-refractivity contribution >= 4 is 22.4 Å². The highest BCUT2D eigenvalue weighted by Gasteiger charge is 2.30. The van der Waals surface area contributed by atoms with Crippen LogP contribution in [0.15, 0.2) is 60.0 Å². The molecule has 0 radical (unpaired) electrons. The summed E-state index contributed by atoms with van der Waals surface area (Å²) >= 11 is 1.25. The van der Waals surface area contributed by atoms with Crippen molar-refractivity contribution in [2.75, 3.05) is 5.32 Å². The van der Waals surface area contributed by atoms with Gasteiger partial charge in [0.05, 0.1) is 5.56 Å². The summed E-state index contributed by atoms with van der Waals surface area (Å²) < 4.78 is 43.2. The minimum Gasteiger partial charge on any atom is -0.456 e. The summed E-state index contributed by atoms with van der Waals surface area (Å²) in [6.07, 6.45) is -4.44. The van der Waals surface area contributed by atoms with Gasteiger partial charge in [0, 0.05) is 11.9 Å². The van der Waals surface area contributed by atoms with Crippen molar-refractivity contribution in [3.8, 4) is 0 Å². The minimum absolute atomic E-state index is 0.113. The largest absolute Gasteiger partial charge is 0.456 e. The van der Waals surface area contributed by atoms with Crippen LogP contribution in [0.2, 0.25) is 0 Å². The van der Waals surface area contributed by atoms with Crippen LogP contribution < -0.4 is 5.32 Å². The Hall–Kier alpha value is -2.87. The first-order valence-electron chi connectivity index (χ1n) is 7.98. The van der Waals surface area contributed by atoms with Crippen molar-refractivity contribution in [3.05, 3.63) is 82.4 Å². The summed E-state index contributed by atoms with van der Waals surface area (Å²) in [4.78, 5) is 16.2. The predicted octanol–water partition coefficient (Wildman–Crippen LogP) is 5.13. The molecule has 0 unspecified atom stereocenters. The molecule has 0 spiro atoms. The fourth-order valence-electron chi connectivity index (χ4n) is 2.28. The van der Waals surface area contributed by atoms with Gasteiger partial charge in [0.25, 0.3) is 0 Å². The first kappa shape index (κ1) is 18.9. The van der Waals surface area contributed by atoms with Crippen LogP contribution in [-0.4, -0.2) is 11.0 Å². The second-order valence-corrected chi connectivity index (χ2v) is 6.51. The molecule has 0 aliphatic rings. The zero-order valence-electron chi connectivity index (χ0n) is 14.0. The highest BCUT2D eigenvalue weighted by molar-refractivity contribution is 7.13. The van der Waals surface area contributed by atoms with Crippen molar-refractivity contribution in [3.63, 3.8) is 0 Å². The van der Waals surface area contributed by atoms with Crippen LogP contribution in [0.1, 0.15) is 27.2 Å². The van der Waals surface area contributed by atoms with Gasteiger partial charge in [-0.05, 0) is 23.3 Å². The van der Waals surface area contributed by atoms with Gasteiger partial charge in [0.1, 0.15) is 6.61 Å². The summed E-state index contributed by atoms with van der Waals surface area (Å²) in [5.41, 5.74) is 0.664. The molecule has 0 bridgehead atoms. The standard InChI is InChI=1S/C19H15F3N2O2S/c20-19(21,22)15-8-4-7-14(9-15)11-26-17(25)16-12-27-18(24-16)23-10-13-5-2-1-3-6-13/h1-9,12H,10-11H2,(H,23,24). The van der Waals surface area contributed by atoms with Crippen LogP contribution in [0.4, 0.5) is 18.3 Å². The summed E-state index contributed by atoms with van der Waals surface area (Å²) in [6.45, 7) is 0.306. The van der Waals surface area contributed by atoms with E-state index in [1.165, 1.54) is 23.5 Å². The first-order chi connectivity index (χ1) is 12.9. The lowest BCUT2D eigenvalue weighted by Gasteiger charge is -2.08. The predicted molar refractivity (Wildman–Crippen MR) is 96.4 cm³/mol. The van der Waals surface area contributed by atoms with Crippen molar-refractivity contribution in [2.45, 2.75) is 19.3 Å². The van der Waals surface area contributed by atoms with Crippen LogP contribution in [0, 0.1) is 0 Å². The van der Waals surface area contributed by atoms with Gasteiger partial charge in [-0.25, -0.2) is 9.78 Å². The summed E-state index contributed by atoms with van der Waals surface area (Å²) in [5.74, 6) is -0.684. The molecule has 3 rings (SSSR count). The Labute approximate surface area is 157 Å². The average molecular weight is 392 g/mol. The number of aromatic nitrogens is 1. The van der Waals surface area contributed by atoms with Crippen LogP contribution in [0.5, 0.6) is 0 Å². The molecule has 2 aromatic carbocycles. The second kappa shape index (κ2) is 8.22. The summed E-state index contributed by atoms with van der Waals surface area (Å²) in [5, 5.41) is 5.21. The van der Waals surface area contributed by atoms with Crippen LogP contribution in [0.25, 0.3) is 0 Å². The highest BCUT2D eigenvalue weighted by Crippen LogP contribution is 2.29. The van der Waals surface area contributed by atoms with Gasteiger partial charge in [-0.15, -0.1) is 11.3 Å². The third-order valence-corrected chi connectivity index (χ3v) is 4.42. The highest BCUT2D eigenvalue weighted by atomic mass is 32.1. The number of carbonyl (C=O) groups is 1. The Morgan fingerprint density at radius 3 is 2.56 bits per heavy atom. The monoisotopic (exact) mass is 392 g/mol. The van der Waals surface area contributed by atoms with Gasteiger partial charge in [-0.2, -0.15) is 13.2 Å². The van der Waals surface area contributed by atoms with E-state index in [0.717, 1.165) is 17.7 Å². The molecule has 0 atom stereocenters. The number of anilines is 1. The number of carbonyl (C=O) groups excluding carboxylic acids is 1. The van der Waals surface area contributed by atoms with Crippen LogP contribution >= 0.6 is 11.3 Å². The first-order valence-corrected chi connectivity index (χ1v) is 8.86. The number of hydrogen-bond donors (Lipinski definition) is 1. The van der Waals surface area contributed by atoms with Crippen molar-refractivity contribution < 1.29 is 22.7 Å². The quantitative estimate of drug-likeness (QED) is 0.591. The van der Waals surface area contributed by atoms with E-state index in [4.69, 9.17) is 4.74 Å². The molecule has 0 aliphatic carbocycles. The number of hydrogen-bond acceptors (Lipinski definition) is 5. The van der Waals surface area contributed by atoms with Crippen LogP contribution in [0.3, 0.4) is 0 Å². The Balaban J connectivity index is 1.55. The Morgan fingerprint density at radius 1 is 1.07 bits per heavy atom. The van der Waals surface area contributed by atoms with Gasteiger partial charge >= 0.3 is 12.1 Å². The van der Waals surface area contributed by atoms with E-state index in [9.17, 15) is 18.0 Å². The maximum Gasteiger partial charge on any atom is 0.416 e. The number of benzene rings is 2. The number of esters is 1. The maximum absolute atomic E-state index is 12.7. The lowest BCUT2D eigenvalue weighted by Crippen LogP contribution is -2.08. The normalized spacial score (nSPS) is 11.2. The Morgan fingerprint density at radius 2 is 1.81 bits per heavy atom. The molecule has 0 saturated carbocycles. The number of halogens is 3. The summed E-state index contributed by atoms with van der Waals surface area (Å²) in [6, 6.07) is 14.4. The maximum atomic E-state index is 12.7. The van der Waals surface area contributed by atoms with Gasteiger partial charge in [0.15, 0.2) is 10.8 Å². The molecular weight excluding hydrogens is 377 g/mol. The molecule has 8 heteroatoms. The molecule has 4 nitrogen and oxygen atoms in total. The second-order valence-electron chi connectivity index (χ2n) is 5.65. The average Bonchev–Trinajstić information content (AvgIpc) is 3.14. The molecule has 3 aromatic rings. The lowest BCUT2D eigenvalue weighted by molar-refractivity contribution is -0.137. The zero-order chi connectivity index (χ0) is 19.3. The lowest BCUT2D eigenvalue weighted by atomic mass is 10.1. The third-order valence-electron chi connectivity index (χ3n) is 3.62. The molecule has 27 heavy (non-hydrogen) atoms. The molecule has 140 valence electrons. The number of nitrogens with zero attached hydrogens (tertiary/aromatic N) is 1. The molecular formula is C19H15F3N2O2S. The minimum atomic E-state index is -4.44. The molecule has 0 fully saturated rings. The number of thiazole rings is 1. The number of alkyl halides is 3. The fourth-order valence-corrected chi connectivity index (χ4v) is 2.96. The molecule has 1 heterocycles. The Kier molecular flexibility index (Phi) is 5.75. The van der Waals surface area contributed by atoms with Crippen molar-refractivity contribution in [1.82, 2.24) is 4.98 Å². The van der Waals surface area contributed by atoms with Gasteiger partial charge < -0.3 is 10.1 Å². The molecule has 1 N–H and O–H groups in total. The summed E-state index contributed by atoms with van der Waals surface area (Å²) in [7, 11) is 0. The van der Waals surface area contributed by atoms with Gasteiger partial charge in [-0.3, -0.25) is 0 Å². The van der Waals surface area contributed by atoms with E-state index in [-0.39, 0.29) is 17.9 Å². The molecule has 1 aromatic heterocycles. The zero-order valence-corrected chi connectivity index (χ0v) is 14.8. The van der Waals surface area contributed by atoms with E-state index in [0.29, 0.717) is 11.7 Å². The SMILES string of the molecule is O=C(OCc1cccc(C(F)(F)F)c1)c1csc(NCc2ccccc2)n1. The van der Waals surface area contributed by atoms with Gasteiger partial charge in [0.2, 0.25) is 0 Å². The van der Waals surface area contributed by atoms with Crippen LogP contribution in [-0.2, 0) is 24.1 Å². The number of rotatable bonds is 6. The van der Waals surface area contributed by atoms with E-state index >= 15 is 0 Å². The van der Waals surface area contributed by atoms with Crippen molar-refractivity contribution in [2.24, 2.45) is 0 Å². The number of nitrogens with one attached hydrogen (secondary N) is 1. The Bertz CT molecular complexity index is 911. The van der Waals surface area contributed by atoms with Crippen molar-refractivity contribution in [1.29, 1.82) is 0 Å². The fraction of sp³-hybridized carbons (Fsp3) is 0.158. The van der Waals surface area contributed by atoms with E-state index in [1.54, 1.807) is 5.38 Å². The third kappa shape index (κ3) is 5.30. The van der Waals surface area contributed by atoms with E-state index in [1.807, 2.05) is 30.3 Å². The van der Waals surface area contributed by atoms with E-state index in [2.05, 4.69) is 10.3 Å². The topological polar surface area (TPSA) is 51.2 Å². The molecule has 0 aliphatic heterocycles. The van der Waals surface area contributed by atoms with Gasteiger partial charge in [-0.1, -0.05) is 42.5 Å². The molecule has 0 saturated heterocycles. The number of ether oxygens (including phenoxy) is 1. The molecule has 0 amide bonds. The smallest absolute Gasteiger partial charge is 0.416 e. The van der Waals surface area contributed by atoms with E-state index < -0.39 is 17.7 Å².